The average Bonchev–Trinajstić information content (AvgIpc) is 3.62. The van der Waals surface area contributed by atoms with Crippen molar-refractivity contribution in [1.82, 2.24) is 20.1 Å². The molecule has 6 amide bonds. The Bertz CT molecular complexity index is 2900. The summed E-state index contributed by atoms with van der Waals surface area (Å²) in [5.74, 6) is -1.04. The Morgan fingerprint density at radius 1 is 0.806 bits per heavy atom. The molecule has 1 aliphatic carbocycles. The Morgan fingerprint density at radius 2 is 1.51 bits per heavy atom. The van der Waals surface area contributed by atoms with Gasteiger partial charge in [-0.2, -0.15) is 0 Å². The second-order valence-electron chi connectivity index (χ2n) is 19.4. The van der Waals surface area contributed by atoms with E-state index in [0.29, 0.717) is 92.4 Å². The van der Waals surface area contributed by atoms with Crippen molar-refractivity contribution in [3.05, 3.63) is 132 Å². The molecule has 4 aromatic carbocycles. The number of carbonyl (C=O) groups excluding carboxylic acids is 6. The molecule has 72 heavy (non-hydrogen) atoms. The largest absolute Gasteiger partial charge is 1.00 e. The predicted octanol–water partition coefficient (Wildman–Crippen LogP) is 5.83. The maximum absolute atomic E-state index is 14.1. The van der Waals surface area contributed by atoms with Gasteiger partial charge in [-0.05, 0) is 128 Å². The number of piperazine rings is 1. The zero-order valence-electron chi connectivity index (χ0n) is 41.0. The normalized spacial score (nSPS) is 20.8. The first kappa shape index (κ1) is 53.5. The van der Waals surface area contributed by atoms with Crippen molar-refractivity contribution in [2.45, 2.75) is 82.8 Å². The first-order chi connectivity index (χ1) is 33.9. The number of rotatable bonds is 11. The van der Waals surface area contributed by atoms with Crippen molar-refractivity contribution < 1.29 is 107 Å². The van der Waals surface area contributed by atoms with Crippen LogP contribution in [0.2, 0.25) is 5.02 Å². The van der Waals surface area contributed by atoms with E-state index in [1.54, 1.807) is 42.5 Å². The summed E-state index contributed by atoms with van der Waals surface area (Å²) >= 11 is 6.60. The molecular formula is C55H58ClCsFN7O7. The van der Waals surface area contributed by atoms with E-state index in [1.165, 1.54) is 6.07 Å². The Balaban J connectivity index is 0.00000347. The van der Waals surface area contributed by atoms with Crippen LogP contribution in [0.4, 0.5) is 21.5 Å². The number of aromatic nitrogens is 1. The van der Waals surface area contributed by atoms with E-state index in [4.69, 9.17) is 16.3 Å². The fourth-order valence-electron chi connectivity index (χ4n) is 11.1. The number of benzene rings is 4. The minimum atomic E-state index is -1.02. The Hall–Kier alpha value is -4.82. The second kappa shape index (κ2) is 23.2. The molecule has 17 heteroatoms. The molecule has 2 atom stereocenters. The van der Waals surface area contributed by atoms with Gasteiger partial charge in [0.25, 0.3) is 17.7 Å². The number of amides is 6. The molecule has 5 aromatic rings. The van der Waals surface area contributed by atoms with Crippen LogP contribution in [0.25, 0.3) is 10.9 Å². The van der Waals surface area contributed by atoms with Gasteiger partial charge in [0.05, 0.1) is 21.7 Å². The SMILES string of the molecule is CC(CC(=O)Nc1ccc(Cl)c(OC2CCN(C(=O)c3cccc(N4CCN(c5ccc6c(c5)C(=O)N(C5CCC(=O)NC5=O)C6=O)CC4)c3)CC2)c1)C1CCC(c2ccnc3ccc(F)cc23)CC1.[CH3-].[Cs+]. The molecule has 4 aliphatic heterocycles. The van der Waals surface area contributed by atoms with Crippen molar-refractivity contribution in [3.8, 4) is 5.75 Å². The van der Waals surface area contributed by atoms with E-state index >= 15 is 0 Å². The first-order valence-corrected chi connectivity index (χ1v) is 24.8. The number of pyridine rings is 1. The summed E-state index contributed by atoms with van der Waals surface area (Å²) in [5.41, 5.74) is 5.42. The van der Waals surface area contributed by atoms with E-state index in [0.717, 1.165) is 58.4 Å². The van der Waals surface area contributed by atoms with Crippen molar-refractivity contribution in [2.24, 2.45) is 11.8 Å². The van der Waals surface area contributed by atoms with Crippen LogP contribution in [0.3, 0.4) is 0 Å². The minimum Gasteiger partial charge on any atom is -0.489 e. The van der Waals surface area contributed by atoms with Crippen LogP contribution >= 0.6 is 11.6 Å². The average molecular weight is 1120 g/mol. The van der Waals surface area contributed by atoms with Crippen LogP contribution in [0.1, 0.15) is 107 Å². The molecule has 1 saturated carbocycles. The molecule has 370 valence electrons. The van der Waals surface area contributed by atoms with Crippen LogP contribution in [-0.2, 0) is 14.4 Å². The van der Waals surface area contributed by atoms with E-state index in [2.05, 4.69) is 32.3 Å². The number of hydrogen-bond donors (Lipinski definition) is 2. The monoisotopic (exact) mass is 1120 g/mol. The third-order valence-corrected chi connectivity index (χ3v) is 15.3. The molecule has 4 fully saturated rings. The molecule has 5 aliphatic rings. The van der Waals surface area contributed by atoms with Crippen LogP contribution in [0.15, 0.2) is 91.1 Å². The van der Waals surface area contributed by atoms with E-state index in [1.807, 2.05) is 47.5 Å². The topological polar surface area (TPSA) is 162 Å². The zero-order valence-corrected chi connectivity index (χ0v) is 48.0. The number of halogens is 2. The standard InChI is InChI=1S/C54H55ClFN7O7.CH3.Cs/c1-32(33-5-7-34(8-6-33)41-17-20-57-46-14-9-36(56)29-43(41)46)27-50(65)58-37-10-13-45(55)48(30-37)70-40-18-21-62(22-19-40)52(67)35-3-2-4-38(28-35)60-23-25-61(26-24-60)39-11-12-42-44(31-39)54(69)63(53(42)68)47-15-16-49(64)59-51(47)66;;/h2-4,9-14,17,20,28-34,40,47H,5-8,15-16,18-19,21-27H2,1H3,(H,58,65)(H,59,64,66);1H3;/q;-1;+1. The number of likely N-dealkylation sites (tertiary alicyclic amines) is 1. The van der Waals surface area contributed by atoms with Crippen molar-refractivity contribution in [3.63, 3.8) is 0 Å². The summed E-state index contributed by atoms with van der Waals surface area (Å²) in [7, 11) is 0. The van der Waals surface area contributed by atoms with E-state index < -0.39 is 29.7 Å². The third kappa shape index (κ3) is 11.4. The van der Waals surface area contributed by atoms with Gasteiger partial charge in [0.2, 0.25) is 17.7 Å². The molecule has 1 aromatic heterocycles. The van der Waals surface area contributed by atoms with Crippen molar-refractivity contribution >= 4 is 75.0 Å². The number of piperidine rings is 2. The van der Waals surface area contributed by atoms with Gasteiger partial charge >= 0.3 is 68.9 Å². The first-order valence-electron chi connectivity index (χ1n) is 24.4. The van der Waals surface area contributed by atoms with Gasteiger partial charge in [0.1, 0.15) is 23.7 Å². The zero-order chi connectivity index (χ0) is 48.6. The molecule has 2 unspecified atom stereocenters. The fraction of sp³-hybridized carbons (Fsp3) is 0.382. The Morgan fingerprint density at radius 3 is 2.24 bits per heavy atom. The summed E-state index contributed by atoms with van der Waals surface area (Å²) in [5, 5.41) is 6.62. The molecular weight excluding hydrogens is 1060 g/mol. The summed E-state index contributed by atoms with van der Waals surface area (Å²) < 4.78 is 20.5. The van der Waals surface area contributed by atoms with Gasteiger partial charge in [-0.1, -0.05) is 24.6 Å². The summed E-state index contributed by atoms with van der Waals surface area (Å²) in [6, 6.07) is 23.9. The number of imide groups is 2. The number of ether oxygens (including phenoxy) is 1. The number of nitrogens with one attached hydrogen (secondary N) is 2. The van der Waals surface area contributed by atoms with Crippen molar-refractivity contribution in [1.29, 1.82) is 0 Å². The number of hydrogen-bond acceptors (Lipinski definition) is 10. The van der Waals surface area contributed by atoms with Gasteiger partial charge in [0.15, 0.2) is 0 Å². The molecule has 3 saturated heterocycles. The molecule has 5 heterocycles. The van der Waals surface area contributed by atoms with E-state index in [-0.39, 0.29) is 130 Å². The molecule has 14 nitrogen and oxygen atoms in total. The van der Waals surface area contributed by atoms with Crippen LogP contribution < -0.4 is 94.1 Å². The fourth-order valence-corrected chi connectivity index (χ4v) is 11.3. The second-order valence-corrected chi connectivity index (χ2v) is 19.8. The Labute approximate surface area is 483 Å². The molecule has 0 spiro atoms. The molecule has 2 N–H and O–H groups in total. The maximum atomic E-state index is 14.1. The smallest absolute Gasteiger partial charge is 0.489 e. The van der Waals surface area contributed by atoms with Crippen molar-refractivity contribution in [2.75, 3.05) is 54.4 Å². The van der Waals surface area contributed by atoms with Gasteiger partial charge < -0.3 is 32.2 Å². The summed E-state index contributed by atoms with van der Waals surface area (Å²) in [4.78, 5) is 89.6. The predicted molar refractivity (Wildman–Crippen MR) is 270 cm³/mol. The number of fused-ring (bicyclic) bond motifs is 2. The number of anilines is 3. The molecule has 0 radical (unpaired) electrons. The minimum absolute atomic E-state index is 0. The van der Waals surface area contributed by atoms with Crippen LogP contribution in [0.5, 0.6) is 5.75 Å². The van der Waals surface area contributed by atoms with Gasteiger partial charge in [-0.3, -0.25) is 44.0 Å². The number of carbonyl (C=O) groups is 6. The molecule has 0 bridgehead atoms. The third-order valence-electron chi connectivity index (χ3n) is 15.0. The summed E-state index contributed by atoms with van der Waals surface area (Å²) in [6.07, 6.45) is 7.41. The van der Waals surface area contributed by atoms with Gasteiger partial charge in [-0.15, -0.1) is 0 Å². The Kier molecular flexibility index (Phi) is 17.2. The maximum Gasteiger partial charge on any atom is 1.00 e. The summed E-state index contributed by atoms with van der Waals surface area (Å²) in [6.45, 7) is 5.78. The van der Waals surface area contributed by atoms with E-state index in [9.17, 15) is 33.2 Å². The van der Waals surface area contributed by atoms with Gasteiger partial charge in [0, 0.05) is 105 Å². The quantitative estimate of drug-likeness (QED) is 0.122. The van der Waals surface area contributed by atoms with Crippen LogP contribution in [-0.4, -0.2) is 102 Å². The molecule has 10 rings (SSSR count). The van der Waals surface area contributed by atoms with Gasteiger partial charge in [-0.25, -0.2) is 4.39 Å². The van der Waals surface area contributed by atoms with Crippen LogP contribution in [0, 0.1) is 25.1 Å². The number of nitrogens with zero attached hydrogens (tertiary/aromatic N) is 5.